The quantitative estimate of drug-likeness (QED) is 0.752. The second kappa shape index (κ2) is 5.98. The Balaban J connectivity index is 1.94. The molecule has 4 N–H and O–H groups in total. The molecule has 18 heavy (non-hydrogen) atoms. The van der Waals surface area contributed by atoms with E-state index in [9.17, 15) is 4.79 Å². The third-order valence-corrected chi connectivity index (χ3v) is 3.48. The molecule has 1 aliphatic carbocycles. The normalized spacial score (nSPS) is 23.7. The van der Waals surface area contributed by atoms with Crippen LogP contribution in [0.2, 0.25) is 0 Å². The van der Waals surface area contributed by atoms with Crippen LogP contribution >= 0.6 is 0 Å². The minimum Gasteiger partial charge on any atom is -0.392 e. The van der Waals surface area contributed by atoms with E-state index >= 15 is 0 Å². The number of amides is 1. The Labute approximate surface area is 107 Å². The molecule has 0 heterocycles. The molecule has 1 aliphatic rings. The smallest absolute Gasteiger partial charge is 0.251 e. The standard InChI is InChI=1S/C14H20N2O2/c15-12-4-6-13(7-5-12)16-14(18)11-3-1-2-10(8-11)9-17/h1-3,8,12-13,17H,4-7,9,15H2,(H,16,18)/t12-,13-. The number of aliphatic hydroxyl groups is 1. The molecule has 1 amide bonds. The average molecular weight is 248 g/mol. The molecule has 0 aliphatic heterocycles. The molecule has 1 aromatic carbocycles. The second-order valence-electron chi connectivity index (χ2n) is 4.94. The number of rotatable bonds is 3. The zero-order chi connectivity index (χ0) is 13.0. The number of carbonyl (C=O) groups excluding carboxylic acids is 1. The first-order chi connectivity index (χ1) is 8.69. The zero-order valence-corrected chi connectivity index (χ0v) is 10.4. The van der Waals surface area contributed by atoms with Crippen molar-refractivity contribution in [3.63, 3.8) is 0 Å². The zero-order valence-electron chi connectivity index (χ0n) is 10.4. The molecule has 4 nitrogen and oxygen atoms in total. The van der Waals surface area contributed by atoms with Crippen molar-refractivity contribution in [3.05, 3.63) is 35.4 Å². The number of nitrogens with one attached hydrogen (secondary N) is 1. The molecule has 1 aromatic rings. The van der Waals surface area contributed by atoms with Gasteiger partial charge in [0.15, 0.2) is 0 Å². The summed E-state index contributed by atoms with van der Waals surface area (Å²) in [7, 11) is 0. The minimum absolute atomic E-state index is 0.0423. The fourth-order valence-electron chi connectivity index (χ4n) is 2.34. The van der Waals surface area contributed by atoms with Crippen molar-refractivity contribution >= 4 is 5.91 Å². The van der Waals surface area contributed by atoms with E-state index in [0.717, 1.165) is 31.2 Å². The summed E-state index contributed by atoms with van der Waals surface area (Å²) in [5, 5.41) is 12.1. The monoisotopic (exact) mass is 248 g/mol. The van der Waals surface area contributed by atoms with Crippen molar-refractivity contribution in [1.82, 2.24) is 5.32 Å². The summed E-state index contributed by atoms with van der Waals surface area (Å²) in [5.74, 6) is -0.0641. The van der Waals surface area contributed by atoms with Gasteiger partial charge in [0.25, 0.3) is 5.91 Å². The summed E-state index contributed by atoms with van der Waals surface area (Å²) in [4.78, 5) is 12.0. The fraction of sp³-hybridized carbons (Fsp3) is 0.500. The molecule has 0 bridgehead atoms. The van der Waals surface area contributed by atoms with Gasteiger partial charge in [0, 0.05) is 17.6 Å². The fourth-order valence-corrected chi connectivity index (χ4v) is 2.34. The number of nitrogens with two attached hydrogens (primary N) is 1. The molecule has 0 radical (unpaired) electrons. The van der Waals surface area contributed by atoms with Crippen LogP contribution in [-0.2, 0) is 6.61 Å². The van der Waals surface area contributed by atoms with E-state index in [-0.39, 0.29) is 24.6 Å². The van der Waals surface area contributed by atoms with Crippen LogP contribution in [0.5, 0.6) is 0 Å². The molecule has 1 fully saturated rings. The lowest BCUT2D eigenvalue weighted by Crippen LogP contribution is -2.40. The van der Waals surface area contributed by atoms with E-state index in [0.29, 0.717) is 5.56 Å². The first-order valence-corrected chi connectivity index (χ1v) is 6.45. The van der Waals surface area contributed by atoms with E-state index < -0.39 is 0 Å². The summed E-state index contributed by atoms with van der Waals surface area (Å²) >= 11 is 0. The average Bonchev–Trinajstić information content (AvgIpc) is 2.41. The Morgan fingerprint density at radius 3 is 2.72 bits per heavy atom. The van der Waals surface area contributed by atoms with Crippen molar-refractivity contribution in [1.29, 1.82) is 0 Å². The predicted molar refractivity (Wildman–Crippen MR) is 70.1 cm³/mol. The Morgan fingerprint density at radius 2 is 2.06 bits per heavy atom. The van der Waals surface area contributed by atoms with Crippen LogP contribution in [0.15, 0.2) is 24.3 Å². The highest BCUT2D eigenvalue weighted by Gasteiger charge is 2.20. The maximum absolute atomic E-state index is 12.0. The Hall–Kier alpha value is -1.39. The van der Waals surface area contributed by atoms with Gasteiger partial charge in [-0.1, -0.05) is 12.1 Å². The van der Waals surface area contributed by atoms with E-state index in [4.69, 9.17) is 10.8 Å². The van der Waals surface area contributed by atoms with Gasteiger partial charge >= 0.3 is 0 Å². The van der Waals surface area contributed by atoms with Gasteiger partial charge in [-0.2, -0.15) is 0 Å². The molecule has 0 unspecified atom stereocenters. The molecule has 2 rings (SSSR count). The molecule has 1 saturated carbocycles. The predicted octanol–water partition coefficient (Wildman–Crippen LogP) is 1.18. The molecule has 0 atom stereocenters. The lowest BCUT2D eigenvalue weighted by Gasteiger charge is -2.26. The second-order valence-corrected chi connectivity index (χ2v) is 4.94. The van der Waals surface area contributed by atoms with Crippen molar-refractivity contribution in [3.8, 4) is 0 Å². The number of hydrogen-bond acceptors (Lipinski definition) is 3. The van der Waals surface area contributed by atoms with Crippen LogP contribution in [-0.4, -0.2) is 23.1 Å². The van der Waals surface area contributed by atoms with E-state index in [2.05, 4.69) is 5.32 Å². The highest BCUT2D eigenvalue weighted by atomic mass is 16.3. The van der Waals surface area contributed by atoms with E-state index in [1.165, 1.54) is 0 Å². The van der Waals surface area contributed by atoms with Gasteiger partial charge in [-0.25, -0.2) is 0 Å². The summed E-state index contributed by atoms with van der Waals surface area (Å²) in [6.45, 7) is -0.0423. The summed E-state index contributed by atoms with van der Waals surface area (Å²) in [5.41, 5.74) is 7.20. The number of benzene rings is 1. The number of hydrogen-bond donors (Lipinski definition) is 3. The van der Waals surface area contributed by atoms with Crippen LogP contribution in [0.4, 0.5) is 0 Å². The molecule has 98 valence electrons. The Bertz CT molecular complexity index is 412. The molecule has 4 heteroatoms. The molecule has 0 spiro atoms. The first kappa shape index (κ1) is 13.1. The Kier molecular flexibility index (Phi) is 4.33. The van der Waals surface area contributed by atoms with Crippen molar-refractivity contribution in [2.75, 3.05) is 0 Å². The summed E-state index contributed by atoms with van der Waals surface area (Å²) in [6.07, 6.45) is 3.85. The molecular formula is C14H20N2O2. The maximum atomic E-state index is 12.0. The largest absolute Gasteiger partial charge is 0.392 e. The van der Waals surface area contributed by atoms with Gasteiger partial charge in [0.05, 0.1) is 6.61 Å². The van der Waals surface area contributed by atoms with Gasteiger partial charge in [0.2, 0.25) is 0 Å². The lowest BCUT2D eigenvalue weighted by molar-refractivity contribution is 0.0925. The van der Waals surface area contributed by atoms with E-state index in [1.807, 2.05) is 0 Å². The van der Waals surface area contributed by atoms with Gasteiger partial charge in [-0.3, -0.25) is 4.79 Å². The number of aliphatic hydroxyl groups excluding tert-OH is 1. The molecule has 0 aromatic heterocycles. The third kappa shape index (κ3) is 3.31. The molecular weight excluding hydrogens is 228 g/mol. The first-order valence-electron chi connectivity index (χ1n) is 6.45. The third-order valence-electron chi connectivity index (χ3n) is 3.48. The highest BCUT2D eigenvalue weighted by molar-refractivity contribution is 5.94. The van der Waals surface area contributed by atoms with Gasteiger partial charge in [-0.05, 0) is 43.4 Å². The highest BCUT2D eigenvalue weighted by Crippen LogP contribution is 2.17. The lowest BCUT2D eigenvalue weighted by atomic mass is 9.91. The van der Waals surface area contributed by atoms with Crippen molar-refractivity contribution in [2.24, 2.45) is 5.73 Å². The summed E-state index contributed by atoms with van der Waals surface area (Å²) in [6, 6.07) is 7.60. The van der Waals surface area contributed by atoms with Crippen LogP contribution in [0, 0.1) is 0 Å². The minimum atomic E-state index is -0.0641. The Morgan fingerprint density at radius 1 is 1.33 bits per heavy atom. The van der Waals surface area contributed by atoms with Gasteiger partial charge < -0.3 is 16.2 Å². The van der Waals surface area contributed by atoms with Crippen molar-refractivity contribution < 1.29 is 9.90 Å². The SMILES string of the molecule is N[C@H]1CC[C@H](NC(=O)c2cccc(CO)c2)CC1. The van der Waals surface area contributed by atoms with Crippen LogP contribution in [0.25, 0.3) is 0 Å². The van der Waals surface area contributed by atoms with Gasteiger partial charge in [-0.15, -0.1) is 0 Å². The summed E-state index contributed by atoms with van der Waals surface area (Å²) < 4.78 is 0. The van der Waals surface area contributed by atoms with Gasteiger partial charge in [0.1, 0.15) is 0 Å². The molecule has 0 saturated heterocycles. The maximum Gasteiger partial charge on any atom is 0.251 e. The number of carbonyl (C=O) groups is 1. The van der Waals surface area contributed by atoms with E-state index in [1.54, 1.807) is 24.3 Å². The van der Waals surface area contributed by atoms with Crippen LogP contribution in [0.1, 0.15) is 41.6 Å². The van der Waals surface area contributed by atoms with Crippen molar-refractivity contribution in [2.45, 2.75) is 44.4 Å². The topological polar surface area (TPSA) is 75.3 Å². The van der Waals surface area contributed by atoms with Crippen LogP contribution < -0.4 is 11.1 Å². The van der Waals surface area contributed by atoms with Crippen LogP contribution in [0.3, 0.4) is 0 Å².